The lowest BCUT2D eigenvalue weighted by Crippen LogP contribution is -2.30. The van der Waals surface area contributed by atoms with Crippen LogP contribution in [0.5, 0.6) is 0 Å². The molecule has 3 heteroatoms. The van der Waals surface area contributed by atoms with Gasteiger partial charge in [-0.2, -0.15) is 0 Å². The van der Waals surface area contributed by atoms with E-state index in [0.717, 1.165) is 17.3 Å². The third-order valence-electron chi connectivity index (χ3n) is 2.83. The standard InChI is InChI=1S/C11H17BrOS/c1-4-11(2,3)10(13)6-9-5-8(12)7-14-9/h5,7,10,13H,4,6H2,1-3H3. The van der Waals surface area contributed by atoms with E-state index in [1.807, 2.05) is 0 Å². The van der Waals surface area contributed by atoms with Crippen LogP contribution in [-0.4, -0.2) is 11.2 Å². The Hall–Kier alpha value is 0.140. The molecule has 1 atom stereocenters. The molecule has 1 unspecified atom stereocenters. The number of hydrogen-bond donors (Lipinski definition) is 1. The maximum absolute atomic E-state index is 10.0. The Morgan fingerprint density at radius 3 is 2.64 bits per heavy atom. The van der Waals surface area contributed by atoms with Crippen molar-refractivity contribution < 1.29 is 5.11 Å². The zero-order chi connectivity index (χ0) is 10.8. The van der Waals surface area contributed by atoms with Gasteiger partial charge in [0.25, 0.3) is 0 Å². The second kappa shape index (κ2) is 4.77. The van der Waals surface area contributed by atoms with E-state index in [1.165, 1.54) is 4.88 Å². The first-order valence-electron chi connectivity index (χ1n) is 4.86. The van der Waals surface area contributed by atoms with Crippen LogP contribution in [0.4, 0.5) is 0 Å². The summed E-state index contributed by atoms with van der Waals surface area (Å²) >= 11 is 5.12. The molecule has 0 radical (unpaired) electrons. The van der Waals surface area contributed by atoms with Crippen molar-refractivity contribution in [2.24, 2.45) is 5.41 Å². The maximum Gasteiger partial charge on any atom is 0.0639 e. The molecule has 0 aromatic carbocycles. The molecule has 1 rings (SSSR count). The van der Waals surface area contributed by atoms with Gasteiger partial charge in [-0.25, -0.2) is 0 Å². The molecule has 14 heavy (non-hydrogen) atoms. The summed E-state index contributed by atoms with van der Waals surface area (Å²) in [7, 11) is 0. The zero-order valence-electron chi connectivity index (χ0n) is 8.88. The largest absolute Gasteiger partial charge is 0.392 e. The Labute approximate surface area is 98.3 Å². The molecular formula is C11H17BrOS. The highest BCUT2D eigenvalue weighted by Gasteiger charge is 2.26. The number of thiophene rings is 1. The van der Waals surface area contributed by atoms with Crippen LogP contribution in [0.25, 0.3) is 0 Å². The lowest BCUT2D eigenvalue weighted by molar-refractivity contribution is 0.0486. The molecule has 0 spiro atoms. The predicted octanol–water partition coefficient (Wildman–Crippen LogP) is 3.85. The molecule has 1 aromatic rings. The van der Waals surface area contributed by atoms with Gasteiger partial charge >= 0.3 is 0 Å². The van der Waals surface area contributed by atoms with Gasteiger partial charge < -0.3 is 5.11 Å². The summed E-state index contributed by atoms with van der Waals surface area (Å²) in [6, 6.07) is 2.08. The van der Waals surface area contributed by atoms with E-state index in [2.05, 4.69) is 48.1 Å². The first kappa shape index (κ1) is 12.2. The third-order valence-corrected chi connectivity index (χ3v) is 4.55. The van der Waals surface area contributed by atoms with Gasteiger partial charge in [-0.15, -0.1) is 11.3 Å². The van der Waals surface area contributed by atoms with Gasteiger partial charge in [0.1, 0.15) is 0 Å². The summed E-state index contributed by atoms with van der Waals surface area (Å²) in [4.78, 5) is 1.24. The van der Waals surface area contributed by atoms with Gasteiger partial charge in [0.15, 0.2) is 0 Å². The Morgan fingerprint density at radius 2 is 2.21 bits per heavy atom. The van der Waals surface area contributed by atoms with E-state index in [9.17, 15) is 5.11 Å². The average molecular weight is 277 g/mol. The number of aliphatic hydroxyl groups excluding tert-OH is 1. The van der Waals surface area contributed by atoms with Gasteiger partial charge in [-0.1, -0.05) is 20.8 Å². The molecule has 1 N–H and O–H groups in total. The SMILES string of the molecule is CCC(C)(C)C(O)Cc1cc(Br)cs1. The Bertz CT molecular complexity index is 293. The lowest BCUT2D eigenvalue weighted by atomic mass is 9.82. The van der Waals surface area contributed by atoms with Crippen molar-refractivity contribution in [2.75, 3.05) is 0 Å². The van der Waals surface area contributed by atoms with Crippen LogP contribution in [0.15, 0.2) is 15.9 Å². The molecule has 0 saturated heterocycles. The molecule has 1 heterocycles. The number of hydrogen-bond acceptors (Lipinski definition) is 2. The average Bonchev–Trinajstić information content (AvgIpc) is 2.51. The van der Waals surface area contributed by atoms with Crippen molar-refractivity contribution in [1.82, 2.24) is 0 Å². The van der Waals surface area contributed by atoms with E-state index in [1.54, 1.807) is 11.3 Å². The maximum atomic E-state index is 10.0. The van der Waals surface area contributed by atoms with Crippen molar-refractivity contribution in [3.63, 3.8) is 0 Å². The lowest BCUT2D eigenvalue weighted by Gasteiger charge is -2.28. The first-order chi connectivity index (χ1) is 6.45. The first-order valence-corrected chi connectivity index (χ1v) is 6.54. The Balaban J connectivity index is 2.61. The van der Waals surface area contributed by atoms with Gasteiger partial charge in [0, 0.05) is 21.2 Å². The zero-order valence-corrected chi connectivity index (χ0v) is 11.3. The van der Waals surface area contributed by atoms with Gasteiger partial charge in [0.05, 0.1) is 6.10 Å². The second-order valence-corrected chi connectivity index (χ2v) is 6.20. The molecule has 0 aliphatic carbocycles. The van der Waals surface area contributed by atoms with E-state index >= 15 is 0 Å². The minimum absolute atomic E-state index is 0.0104. The van der Waals surface area contributed by atoms with E-state index < -0.39 is 0 Å². The fourth-order valence-corrected chi connectivity index (χ4v) is 2.65. The molecule has 1 aromatic heterocycles. The minimum atomic E-state index is -0.252. The van der Waals surface area contributed by atoms with Crippen molar-refractivity contribution >= 4 is 27.3 Å². The molecule has 0 saturated carbocycles. The fraction of sp³-hybridized carbons (Fsp3) is 0.636. The van der Waals surface area contributed by atoms with Gasteiger partial charge in [-0.3, -0.25) is 0 Å². The summed E-state index contributed by atoms with van der Waals surface area (Å²) in [5.41, 5.74) is 0.0104. The molecule has 0 amide bonds. The van der Waals surface area contributed by atoms with Crippen LogP contribution in [0, 0.1) is 5.41 Å². The fourth-order valence-electron chi connectivity index (χ4n) is 1.16. The summed E-state index contributed by atoms with van der Waals surface area (Å²) in [5.74, 6) is 0. The summed E-state index contributed by atoms with van der Waals surface area (Å²) in [6.07, 6.45) is 1.51. The van der Waals surface area contributed by atoms with Crippen LogP contribution < -0.4 is 0 Å². The third kappa shape index (κ3) is 3.07. The molecule has 0 fully saturated rings. The predicted molar refractivity (Wildman–Crippen MR) is 65.8 cm³/mol. The second-order valence-electron chi connectivity index (χ2n) is 4.29. The van der Waals surface area contributed by atoms with Crippen LogP contribution in [0.3, 0.4) is 0 Å². The molecule has 1 nitrogen and oxygen atoms in total. The molecule has 0 aliphatic rings. The summed E-state index contributed by atoms with van der Waals surface area (Å²) in [6.45, 7) is 6.34. The van der Waals surface area contributed by atoms with Crippen LogP contribution in [-0.2, 0) is 6.42 Å². The van der Waals surface area contributed by atoms with Crippen molar-refractivity contribution in [2.45, 2.75) is 39.7 Å². The smallest absolute Gasteiger partial charge is 0.0639 e. The van der Waals surface area contributed by atoms with Gasteiger partial charge in [0.2, 0.25) is 0 Å². The number of halogens is 1. The summed E-state index contributed by atoms with van der Waals surface area (Å²) in [5, 5.41) is 12.1. The topological polar surface area (TPSA) is 20.2 Å². The van der Waals surface area contributed by atoms with Crippen molar-refractivity contribution in [3.05, 3.63) is 20.8 Å². The van der Waals surface area contributed by atoms with Crippen LogP contribution >= 0.6 is 27.3 Å². The molecule has 80 valence electrons. The quantitative estimate of drug-likeness (QED) is 0.886. The number of rotatable bonds is 4. The normalized spacial score (nSPS) is 14.4. The molecule has 0 bridgehead atoms. The van der Waals surface area contributed by atoms with Gasteiger partial charge in [-0.05, 0) is 33.8 Å². The summed E-state index contributed by atoms with van der Waals surface area (Å²) < 4.78 is 1.11. The Kier molecular flexibility index (Phi) is 4.16. The Morgan fingerprint density at radius 1 is 1.57 bits per heavy atom. The van der Waals surface area contributed by atoms with Crippen molar-refractivity contribution in [3.8, 4) is 0 Å². The monoisotopic (exact) mass is 276 g/mol. The highest BCUT2D eigenvalue weighted by atomic mass is 79.9. The minimum Gasteiger partial charge on any atom is -0.392 e. The highest BCUT2D eigenvalue weighted by molar-refractivity contribution is 9.10. The van der Waals surface area contributed by atoms with Crippen LogP contribution in [0.2, 0.25) is 0 Å². The van der Waals surface area contributed by atoms with Crippen LogP contribution in [0.1, 0.15) is 32.1 Å². The highest BCUT2D eigenvalue weighted by Crippen LogP contribution is 2.29. The molecular weight excluding hydrogens is 260 g/mol. The van der Waals surface area contributed by atoms with E-state index in [4.69, 9.17) is 0 Å². The number of aliphatic hydroxyl groups is 1. The van der Waals surface area contributed by atoms with Crippen molar-refractivity contribution in [1.29, 1.82) is 0 Å². The molecule has 0 aliphatic heterocycles. The van der Waals surface area contributed by atoms with E-state index in [-0.39, 0.29) is 11.5 Å². The van der Waals surface area contributed by atoms with E-state index in [0.29, 0.717) is 0 Å².